The van der Waals surface area contributed by atoms with Crippen molar-refractivity contribution < 1.29 is 17.6 Å². The molecular weight excluding hydrogens is 407 g/mol. The molecule has 7 nitrogen and oxygen atoms in total. The Morgan fingerprint density at radius 1 is 1.17 bits per heavy atom. The molecule has 3 rings (SSSR count). The Kier molecular flexibility index (Phi) is 6.33. The van der Waals surface area contributed by atoms with Crippen molar-refractivity contribution in [3.05, 3.63) is 72.1 Å². The maximum Gasteiger partial charge on any atom is 0.255 e. The molecule has 1 aromatic heterocycles. The van der Waals surface area contributed by atoms with E-state index in [9.17, 15) is 17.6 Å². The third-order valence-corrected chi connectivity index (χ3v) is 6.78. The predicted molar refractivity (Wildman–Crippen MR) is 113 cm³/mol. The van der Waals surface area contributed by atoms with Crippen LogP contribution in [0.5, 0.6) is 0 Å². The molecule has 0 atom stereocenters. The van der Waals surface area contributed by atoms with Crippen LogP contribution in [-0.2, 0) is 10.0 Å². The van der Waals surface area contributed by atoms with Gasteiger partial charge in [-0.1, -0.05) is 19.9 Å². The Labute approximate surface area is 175 Å². The van der Waals surface area contributed by atoms with Crippen LogP contribution in [0, 0.1) is 12.7 Å². The van der Waals surface area contributed by atoms with E-state index < -0.39 is 21.7 Å². The normalized spacial score (nSPS) is 11.6. The van der Waals surface area contributed by atoms with Crippen LogP contribution >= 0.6 is 0 Å². The van der Waals surface area contributed by atoms with Gasteiger partial charge in [-0.05, 0) is 43.3 Å². The Morgan fingerprint density at radius 3 is 2.50 bits per heavy atom. The third-order valence-electron chi connectivity index (χ3n) is 4.73. The van der Waals surface area contributed by atoms with Crippen LogP contribution in [0.2, 0.25) is 0 Å². The Hall–Kier alpha value is -3.04. The fraction of sp³-hybridized carbons (Fsp3) is 0.238. The number of anilines is 1. The molecule has 0 saturated heterocycles. The highest BCUT2D eigenvalue weighted by Crippen LogP contribution is 2.21. The highest BCUT2D eigenvalue weighted by atomic mass is 32.2. The lowest BCUT2D eigenvalue weighted by Crippen LogP contribution is -2.30. The molecule has 1 heterocycles. The summed E-state index contributed by atoms with van der Waals surface area (Å²) in [5.74, 6) is -0.416. The van der Waals surface area contributed by atoms with Gasteiger partial charge >= 0.3 is 0 Å². The molecular formula is C21H23FN4O3S. The lowest BCUT2D eigenvalue weighted by Gasteiger charge is -2.18. The number of hydrogen-bond acceptors (Lipinski definition) is 4. The summed E-state index contributed by atoms with van der Waals surface area (Å²) in [5, 5.41) is 2.61. The number of amides is 1. The van der Waals surface area contributed by atoms with Gasteiger partial charge in [-0.15, -0.1) is 0 Å². The summed E-state index contributed by atoms with van der Waals surface area (Å²) in [7, 11) is -3.69. The number of imidazole rings is 1. The number of aromatic nitrogens is 2. The first kappa shape index (κ1) is 21.7. The second-order valence-corrected chi connectivity index (χ2v) is 8.52. The van der Waals surface area contributed by atoms with Crippen molar-refractivity contribution in [3.63, 3.8) is 0 Å². The monoisotopic (exact) mass is 430 g/mol. The predicted octanol–water partition coefficient (Wildman–Crippen LogP) is 3.60. The molecule has 0 bridgehead atoms. The summed E-state index contributed by atoms with van der Waals surface area (Å²) < 4.78 is 42.8. The molecule has 3 aromatic rings. The zero-order chi connectivity index (χ0) is 21.9. The van der Waals surface area contributed by atoms with Gasteiger partial charge in [0.1, 0.15) is 11.6 Å². The Balaban J connectivity index is 1.83. The summed E-state index contributed by atoms with van der Waals surface area (Å²) in [5.41, 5.74) is 0.740. The number of halogens is 1. The molecule has 2 aromatic carbocycles. The van der Waals surface area contributed by atoms with Crippen LogP contribution in [0.25, 0.3) is 5.69 Å². The van der Waals surface area contributed by atoms with Gasteiger partial charge in [0.25, 0.3) is 5.91 Å². The van der Waals surface area contributed by atoms with E-state index in [0.29, 0.717) is 24.6 Å². The fourth-order valence-corrected chi connectivity index (χ4v) is 4.63. The first-order valence-corrected chi connectivity index (χ1v) is 10.9. The van der Waals surface area contributed by atoms with Gasteiger partial charge in [0.2, 0.25) is 10.0 Å². The highest BCUT2D eigenvalue weighted by Gasteiger charge is 2.22. The quantitative estimate of drug-likeness (QED) is 0.621. The standard InChI is InChI=1S/C21H23FN4O3S/c1-4-25(5-2)30(28,29)18-8-6-7-16(13-18)21(27)24-17-9-10-20(19(22)14-17)26-12-11-23-15(26)3/h6-14H,4-5H2,1-3H3,(H,24,27). The first-order valence-electron chi connectivity index (χ1n) is 9.49. The number of aryl methyl sites for hydroxylation is 1. The highest BCUT2D eigenvalue weighted by molar-refractivity contribution is 7.89. The number of rotatable bonds is 7. The van der Waals surface area contributed by atoms with E-state index in [2.05, 4.69) is 10.3 Å². The number of carbonyl (C=O) groups excluding carboxylic acids is 1. The van der Waals surface area contributed by atoms with Gasteiger partial charge in [0.15, 0.2) is 0 Å². The molecule has 9 heteroatoms. The zero-order valence-electron chi connectivity index (χ0n) is 17.0. The van der Waals surface area contributed by atoms with E-state index in [1.165, 1.54) is 34.6 Å². The number of benzene rings is 2. The summed E-state index contributed by atoms with van der Waals surface area (Å²) in [6, 6.07) is 10.1. The van der Waals surface area contributed by atoms with Crippen molar-refractivity contribution in [1.82, 2.24) is 13.9 Å². The second kappa shape index (κ2) is 8.76. The molecule has 0 spiro atoms. The molecule has 158 valence electrons. The minimum atomic E-state index is -3.69. The first-order chi connectivity index (χ1) is 14.3. The molecule has 0 aliphatic heterocycles. The van der Waals surface area contributed by atoms with E-state index in [-0.39, 0.29) is 16.1 Å². The summed E-state index contributed by atoms with van der Waals surface area (Å²) in [6.07, 6.45) is 3.22. The second-order valence-electron chi connectivity index (χ2n) is 6.58. The lowest BCUT2D eigenvalue weighted by molar-refractivity contribution is 0.102. The van der Waals surface area contributed by atoms with Crippen LogP contribution in [0.4, 0.5) is 10.1 Å². The maximum atomic E-state index is 14.5. The molecule has 0 saturated carbocycles. The largest absolute Gasteiger partial charge is 0.322 e. The Bertz CT molecular complexity index is 1170. The topological polar surface area (TPSA) is 84.3 Å². The summed E-state index contributed by atoms with van der Waals surface area (Å²) >= 11 is 0. The molecule has 0 aliphatic rings. The number of nitrogens with zero attached hydrogens (tertiary/aromatic N) is 3. The van der Waals surface area contributed by atoms with Gasteiger partial charge in [-0.3, -0.25) is 4.79 Å². The maximum absolute atomic E-state index is 14.5. The zero-order valence-corrected chi connectivity index (χ0v) is 17.8. The van der Waals surface area contributed by atoms with Gasteiger partial charge in [-0.25, -0.2) is 17.8 Å². The van der Waals surface area contributed by atoms with Crippen molar-refractivity contribution in [2.45, 2.75) is 25.7 Å². The number of carbonyl (C=O) groups is 1. The van der Waals surface area contributed by atoms with Crippen molar-refractivity contribution >= 4 is 21.6 Å². The van der Waals surface area contributed by atoms with Gasteiger partial charge < -0.3 is 9.88 Å². The smallest absolute Gasteiger partial charge is 0.255 e. The van der Waals surface area contributed by atoms with Crippen LogP contribution in [0.15, 0.2) is 59.8 Å². The van der Waals surface area contributed by atoms with Crippen molar-refractivity contribution in [2.24, 2.45) is 0 Å². The van der Waals surface area contributed by atoms with Gasteiger partial charge in [-0.2, -0.15) is 4.31 Å². The minimum absolute atomic E-state index is 0.0379. The molecule has 1 amide bonds. The van der Waals surface area contributed by atoms with Gasteiger partial charge in [0.05, 0.1) is 10.6 Å². The van der Waals surface area contributed by atoms with E-state index in [1.54, 1.807) is 49.9 Å². The fourth-order valence-electron chi connectivity index (χ4n) is 3.13. The average Bonchev–Trinajstić information content (AvgIpc) is 3.14. The van der Waals surface area contributed by atoms with Crippen LogP contribution in [0.1, 0.15) is 30.0 Å². The summed E-state index contributed by atoms with van der Waals surface area (Å²) in [6.45, 7) is 5.92. The number of sulfonamides is 1. The van der Waals surface area contributed by atoms with E-state index in [0.717, 1.165) is 0 Å². The average molecular weight is 431 g/mol. The summed E-state index contributed by atoms with van der Waals surface area (Å²) in [4.78, 5) is 16.7. The van der Waals surface area contributed by atoms with Crippen molar-refractivity contribution in [2.75, 3.05) is 18.4 Å². The molecule has 0 aliphatic carbocycles. The van der Waals surface area contributed by atoms with Gasteiger partial charge in [0, 0.05) is 36.7 Å². The number of nitrogens with one attached hydrogen (secondary N) is 1. The van der Waals surface area contributed by atoms with Crippen molar-refractivity contribution in [1.29, 1.82) is 0 Å². The molecule has 30 heavy (non-hydrogen) atoms. The molecule has 0 fully saturated rings. The minimum Gasteiger partial charge on any atom is -0.322 e. The molecule has 0 radical (unpaired) electrons. The van der Waals surface area contributed by atoms with Crippen LogP contribution in [0.3, 0.4) is 0 Å². The van der Waals surface area contributed by atoms with E-state index >= 15 is 0 Å². The molecule has 1 N–H and O–H groups in total. The SMILES string of the molecule is CCN(CC)S(=O)(=O)c1cccc(C(=O)Nc2ccc(-n3ccnc3C)c(F)c2)c1. The lowest BCUT2D eigenvalue weighted by atomic mass is 10.2. The Morgan fingerprint density at radius 2 is 1.90 bits per heavy atom. The van der Waals surface area contributed by atoms with Crippen molar-refractivity contribution in [3.8, 4) is 5.69 Å². The van der Waals surface area contributed by atoms with E-state index in [1.807, 2.05) is 0 Å². The van der Waals surface area contributed by atoms with E-state index in [4.69, 9.17) is 0 Å². The molecule has 0 unspecified atom stereocenters. The van der Waals surface area contributed by atoms with Crippen LogP contribution < -0.4 is 5.32 Å². The third kappa shape index (κ3) is 4.27. The van der Waals surface area contributed by atoms with Crippen LogP contribution in [-0.4, -0.2) is 41.3 Å². The number of hydrogen-bond donors (Lipinski definition) is 1.